The van der Waals surface area contributed by atoms with Crippen molar-refractivity contribution in [2.45, 2.75) is 6.18 Å². The van der Waals surface area contributed by atoms with E-state index in [0.29, 0.717) is 22.2 Å². The van der Waals surface area contributed by atoms with E-state index in [9.17, 15) is 22.4 Å². The molecule has 3 rings (SSSR count). The molecule has 0 unspecified atom stereocenters. The van der Waals surface area contributed by atoms with Gasteiger partial charge in [-0.15, -0.1) is 11.3 Å². The molecule has 0 saturated carbocycles. The first-order valence-corrected chi connectivity index (χ1v) is 7.11. The summed E-state index contributed by atoms with van der Waals surface area (Å²) in [7, 11) is 0. The van der Waals surface area contributed by atoms with Crippen LogP contribution in [0.1, 0.15) is 15.5 Å². The first-order chi connectivity index (χ1) is 10.8. The number of alkyl halides is 3. The number of anilines is 1. The lowest BCUT2D eigenvalue weighted by Crippen LogP contribution is -2.14. The Labute approximate surface area is 130 Å². The van der Waals surface area contributed by atoms with Gasteiger partial charge < -0.3 is 5.32 Å². The van der Waals surface area contributed by atoms with E-state index < -0.39 is 28.6 Å². The molecule has 0 spiro atoms. The zero-order chi connectivity index (χ0) is 16.6. The fourth-order valence-corrected chi connectivity index (χ4v) is 2.61. The molecule has 2 aromatic heterocycles. The van der Waals surface area contributed by atoms with E-state index in [2.05, 4.69) is 15.3 Å². The van der Waals surface area contributed by atoms with Gasteiger partial charge in [-0.05, 0) is 18.2 Å². The maximum absolute atomic E-state index is 13.6. The van der Waals surface area contributed by atoms with Crippen LogP contribution in [0.25, 0.3) is 10.9 Å². The van der Waals surface area contributed by atoms with Crippen molar-refractivity contribution in [3.05, 3.63) is 52.4 Å². The molecule has 0 saturated heterocycles. The summed E-state index contributed by atoms with van der Waals surface area (Å²) in [4.78, 5) is 19.3. The van der Waals surface area contributed by atoms with Gasteiger partial charge in [-0.3, -0.25) is 9.78 Å². The zero-order valence-electron chi connectivity index (χ0n) is 11.2. The van der Waals surface area contributed by atoms with Crippen LogP contribution < -0.4 is 5.32 Å². The predicted molar refractivity (Wildman–Crippen MR) is 76.8 cm³/mol. The molecule has 23 heavy (non-hydrogen) atoms. The Morgan fingerprint density at radius 3 is 2.74 bits per heavy atom. The molecule has 1 aromatic carbocycles. The number of nitrogens with one attached hydrogen (secondary N) is 1. The van der Waals surface area contributed by atoms with Crippen LogP contribution >= 0.6 is 11.3 Å². The van der Waals surface area contributed by atoms with Crippen LogP contribution in [0.4, 0.5) is 23.2 Å². The monoisotopic (exact) mass is 341 g/mol. The molecule has 4 nitrogen and oxygen atoms in total. The second-order valence-electron chi connectivity index (χ2n) is 4.52. The minimum Gasteiger partial charge on any atom is -0.319 e. The maximum atomic E-state index is 13.6. The highest BCUT2D eigenvalue weighted by Crippen LogP contribution is 2.32. The third-order valence-corrected chi connectivity index (χ3v) is 3.78. The van der Waals surface area contributed by atoms with Gasteiger partial charge in [0.05, 0.1) is 11.2 Å². The number of fused-ring (bicyclic) bond motifs is 1. The number of pyridine rings is 1. The topological polar surface area (TPSA) is 54.9 Å². The van der Waals surface area contributed by atoms with Crippen molar-refractivity contribution < 1.29 is 22.4 Å². The number of carbonyl (C=O) groups excluding carboxylic acids is 1. The number of rotatable bonds is 2. The Hall–Kier alpha value is -2.55. The number of thiazole rings is 1. The standard InChI is InChI=1S/C14H7F4N3OS/c15-8-4-7-2-1-3-19-11(7)9(5-8)20-12(22)10-6-23-13(21-10)14(16,17)18/h1-6H,(H,20,22). The quantitative estimate of drug-likeness (QED) is 0.714. The van der Waals surface area contributed by atoms with E-state index in [4.69, 9.17) is 0 Å². The van der Waals surface area contributed by atoms with Gasteiger partial charge in [-0.25, -0.2) is 9.37 Å². The third-order valence-electron chi connectivity index (χ3n) is 2.90. The van der Waals surface area contributed by atoms with Gasteiger partial charge >= 0.3 is 6.18 Å². The molecular weight excluding hydrogens is 334 g/mol. The van der Waals surface area contributed by atoms with Gasteiger partial charge in [-0.2, -0.15) is 13.2 Å². The number of nitrogens with zero attached hydrogens (tertiary/aromatic N) is 2. The molecule has 2 heterocycles. The first kappa shape index (κ1) is 15.3. The molecule has 0 aliphatic heterocycles. The van der Waals surface area contributed by atoms with Gasteiger partial charge in [0.1, 0.15) is 11.5 Å². The molecule has 1 N–H and O–H groups in total. The Balaban J connectivity index is 1.93. The summed E-state index contributed by atoms with van der Waals surface area (Å²) in [6.45, 7) is 0. The average Bonchev–Trinajstić information content (AvgIpc) is 2.97. The van der Waals surface area contributed by atoms with Crippen molar-refractivity contribution >= 4 is 33.8 Å². The Bertz CT molecular complexity index is 891. The van der Waals surface area contributed by atoms with E-state index in [1.54, 1.807) is 12.1 Å². The van der Waals surface area contributed by atoms with Crippen LogP contribution in [0.2, 0.25) is 0 Å². The molecular formula is C14H7F4N3OS. The summed E-state index contributed by atoms with van der Waals surface area (Å²) in [6.07, 6.45) is -3.16. The van der Waals surface area contributed by atoms with Crippen LogP contribution in [-0.4, -0.2) is 15.9 Å². The fourth-order valence-electron chi connectivity index (χ4n) is 1.95. The largest absolute Gasteiger partial charge is 0.443 e. The molecule has 0 radical (unpaired) electrons. The predicted octanol–water partition coefficient (Wildman–Crippen LogP) is 4.10. The average molecular weight is 341 g/mol. The minimum atomic E-state index is -4.61. The molecule has 3 aromatic rings. The number of hydrogen-bond donors (Lipinski definition) is 1. The SMILES string of the molecule is O=C(Nc1cc(F)cc2cccnc12)c1csc(C(F)(F)F)n1. The Morgan fingerprint density at radius 2 is 2.04 bits per heavy atom. The number of aromatic nitrogens is 2. The van der Waals surface area contributed by atoms with Crippen molar-refractivity contribution in [1.29, 1.82) is 0 Å². The molecule has 0 bridgehead atoms. The lowest BCUT2D eigenvalue weighted by Gasteiger charge is -2.07. The summed E-state index contributed by atoms with van der Waals surface area (Å²) >= 11 is 0.316. The van der Waals surface area contributed by atoms with E-state index in [-0.39, 0.29) is 5.69 Å². The summed E-state index contributed by atoms with van der Waals surface area (Å²) in [6, 6.07) is 5.49. The molecule has 0 atom stereocenters. The molecule has 118 valence electrons. The molecule has 0 aliphatic carbocycles. The van der Waals surface area contributed by atoms with Crippen molar-refractivity contribution in [3.63, 3.8) is 0 Å². The second-order valence-corrected chi connectivity index (χ2v) is 5.38. The van der Waals surface area contributed by atoms with Crippen molar-refractivity contribution in [2.75, 3.05) is 5.32 Å². The molecule has 0 aliphatic rings. The van der Waals surface area contributed by atoms with E-state index in [0.717, 1.165) is 11.4 Å². The van der Waals surface area contributed by atoms with Gasteiger partial charge in [0.15, 0.2) is 5.01 Å². The van der Waals surface area contributed by atoms with Gasteiger partial charge in [0, 0.05) is 17.0 Å². The van der Waals surface area contributed by atoms with E-state index in [1.165, 1.54) is 12.3 Å². The lowest BCUT2D eigenvalue weighted by atomic mass is 10.2. The third kappa shape index (κ3) is 3.14. The van der Waals surface area contributed by atoms with Crippen molar-refractivity contribution in [1.82, 2.24) is 9.97 Å². The number of amides is 1. The summed E-state index contributed by atoms with van der Waals surface area (Å²) < 4.78 is 51.1. The van der Waals surface area contributed by atoms with E-state index >= 15 is 0 Å². The highest BCUT2D eigenvalue weighted by molar-refractivity contribution is 7.10. The van der Waals surface area contributed by atoms with Crippen LogP contribution in [0.3, 0.4) is 0 Å². The highest BCUT2D eigenvalue weighted by Gasteiger charge is 2.35. The number of carbonyl (C=O) groups is 1. The Kier molecular flexibility index (Phi) is 3.72. The molecule has 9 heteroatoms. The smallest absolute Gasteiger partial charge is 0.319 e. The lowest BCUT2D eigenvalue weighted by molar-refractivity contribution is -0.137. The summed E-state index contributed by atoms with van der Waals surface area (Å²) in [5.41, 5.74) is -0.00338. The molecule has 1 amide bonds. The fraction of sp³-hybridized carbons (Fsp3) is 0.0714. The van der Waals surface area contributed by atoms with Crippen LogP contribution in [0.15, 0.2) is 35.8 Å². The normalized spacial score (nSPS) is 11.7. The van der Waals surface area contributed by atoms with Crippen molar-refractivity contribution in [3.8, 4) is 0 Å². The Morgan fingerprint density at radius 1 is 1.26 bits per heavy atom. The minimum absolute atomic E-state index is 0.0622. The van der Waals surface area contributed by atoms with Gasteiger partial charge in [0.25, 0.3) is 5.91 Å². The van der Waals surface area contributed by atoms with E-state index in [1.807, 2.05) is 0 Å². The number of halogens is 4. The van der Waals surface area contributed by atoms with Crippen molar-refractivity contribution in [2.24, 2.45) is 0 Å². The first-order valence-electron chi connectivity index (χ1n) is 6.23. The number of hydrogen-bond acceptors (Lipinski definition) is 4. The van der Waals surface area contributed by atoms with Gasteiger partial charge in [-0.1, -0.05) is 6.07 Å². The summed E-state index contributed by atoms with van der Waals surface area (Å²) in [5, 5.41) is 2.67. The molecule has 0 fully saturated rings. The number of benzene rings is 1. The maximum Gasteiger partial charge on any atom is 0.443 e. The zero-order valence-corrected chi connectivity index (χ0v) is 12.0. The highest BCUT2D eigenvalue weighted by atomic mass is 32.1. The van der Waals surface area contributed by atoms with Crippen LogP contribution in [0.5, 0.6) is 0 Å². The van der Waals surface area contributed by atoms with Gasteiger partial charge in [0.2, 0.25) is 0 Å². The van der Waals surface area contributed by atoms with Crippen LogP contribution in [0, 0.1) is 5.82 Å². The van der Waals surface area contributed by atoms with Crippen LogP contribution in [-0.2, 0) is 6.18 Å². The summed E-state index contributed by atoms with van der Waals surface area (Å²) in [5.74, 6) is -1.47. The second kappa shape index (κ2) is 5.58.